The third-order valence-electron chi connectivity index (χ3n) is 5.28. The number of carbonyl (C=O) groups excluding carboxylic acids is 1. The first-order valence-corrected chi connectivity index (χ1v) is 11.4. The van der Waals surface area contributed by atoms with E-state index in [-0.39, 0.29) is 11.7 Å². The molecule has 3 aromatic rings. The van der Waals surface area contributed by atoms with Gasteiger partial charge in [-0.3, -0.25) is 9.69 Å². The van der Waals surface area contributed by atoms with Crippen molar-refractivity contribution in [2.24, 2.45) is 0 Å². The minimum Gasteiger partial charge on any atom is -0.618 e. The van der Waals surface area contributed by atoms with Crippen LogP contribution in [-0.4, -0.2) is 42.7 Å². The number of hydrogen-bond acceptors (Lipinski definition) is 5. The van der Waals surface area contributed by atoms with Crippen LogP contribution in [0.4, 0.5) is 11.4 Å². The van der Waals surface area contributed by atoms with E-state index in [9.17, 15) is 10.0 Å². The molecule has 2 aromatic carbocycles. The van der Waals surface area contributed by atoms with Gasteiger partial charge in [0.2, 0.25) is 5.91 Å². The average Bonchev–Trinajstić information content (AvgIpc) is 2.80. The molecule has 0 saturated carbocycles. The van der Waals surface area contributed by atoms with Crippen molar-refractivity contribution >= 4 is 29.0 Å². The Morgan fingerprint density at radius 2 is 1.65 bits per heavy atom. The molecule has 1 saturated heterocycles. The highest BCUT2D eigenvalue weighted by atomic mass is 32.2. The van der Waals surface area contributed by atoms with Crippen molar-refractivity contribution in [1.82, 2.24) is 4.90 Å². The number of anilines is 2. The van der Waals surface area contributed by atoms with Crippen molar-refractivity contribution in [3.8, 4) is 0 Å². The number of nitrogens with zero attached hydrogens (tertiary/aromatic N) is 3. The lowest BCUT2D eigenvalue weighted by atomic mass is 10.2. The maximum Gasteiger partial charge on any atom is 0.251 e. The van der Waals surface area contributed by atoms with E-state index in [0.29, 0.717) is 5.03 Å². The summed E-state index contributed by atoms with van der Waals surface area (Å²) >= 11 is 1.23. The van der Waals surface area contributed by atoms with Crippen LogP contribution in [0.5, 0.6) is 0 Å². The van der Waals surface area contributed by atoms with E-state index in [4.69, 9.17) is 0 Å². The van der Waals surface area contributed by atoms with Gasteiger partial charge in [0.15, 0.2) is 6.20 Å². The van der Waals surface area contributed by atoms with Crippen LogP contribution >= 0.6 is 11.8 Å². The molecule has 1 aliphatic rings. The van der Waals surface area contributed by atoms with Gasteiger partial charge in [-0.1, -0.05) is 30.3 Å². The van der Waals surface area contributed by atoms with Crippen LogP contribution in [0.2, 0.25) is 0 Å². The molecule has 1 aromatic heterocycles. The normalized spacial score (nSPS) is 14.4. The zero-order chi connectivity index (χ0) is 21.5. The molecule has 1 amide bonds. The van der Waals surface area contributed by atoms with Crippen molar-refractivity contribution in [3.63, 3.8) is 0 Å². The number of piperazine rings is 1. The number of benzene rings is 2. The number of rotatable bonds is 7. The molecule has 4 rings (SSSR count). The van der Waals surface area contributed by atoms with E-state index in [0.717, 1.165) is 43.1 Å². The molecule has 0 radical (unpaired) electrons. The molecule has 1 fully saturated rings. The molecule has 0 aliphatic carbocycles. The summed E-state index contributed by atoms with van der Waals surface area (Å²) in [6.45, 7) is 5.03. The molecule has 0 unspecified atom stereocenters. The highest BCUT2D eigenvalue weighted by Gasteiger charge is 2.17. The Labute approximate surface area is 187 Å². The summed E-state index contributed by atoms with van der Waals surface area (Å²) in [5, 5.41) is 15.1. The maximum absolute atomic E-state index is 12.2. The number of pyridine rings is 1. The van der Waals surface area contributed by atoms with Gasteiger partial charge < -0.3 is 15.4 Å². The smallest absolute Gasteiger partial charge is 0.251 e. The summed E-state index contributed by atoms with van der Waals surface area (Å²) in [7, 11) is 0. The summed E-state index contributed by atoms with van der Waals surface area (Å²) in [4.78, 5) is 17.1. The Morgan fingerprint density at radius 1 is 0.935 bits per heavy atom. The standard InChI is InChI=1S/C24H26N4O2S/c29-23(19-31-24-8-4-5-13-28(24)30)25-21-9-11-22(12-10-21)27-16-14-26(15-17-27)18-20-6-2-1-3-7-20/h1-13H,14-19H2,(H,25,29). The minimum absolute atomic E-state index is 0.129. The lowest BCUT2D eigenvalue weighted by molar-refractivity contribution is -0.645. The van der Waals surface area contributed by atoms with Crippen molar-refractivity contribution in [2.75, 3.05) is 42.1 Å². The molecule has 1 aliphatic heterocycles. The summed E-state index contributed by atoms with van der Waals surface area (Å²) in [5.74, 6) is 0.0633. The van der Waals surface area contributed by atoms with Gasteiger partial charge in [0, 0.05) is 56.2 Å². The first kappa shape index (κ1) is 21.2. The van der Waals surface area contributed by atoms with E-state index < -0.39 is 0 Å². The van der Waals surface area contributed by atoms with E-state index >= 15 is 0 Å². The summed E-state index contributed by atoms with van der Waals surface area (Å²) in [5.41, 5.74) is 3.29. The Bertz CT molecular complexity index is 990. The molecule has 2 heterocycles. The molecule has 1 N–H and O–H groups in total. The molecule has 0 spiro atoms. The predicted octanol–water partition coefficient (Wildman–Crippen LogP) is 3.37. The van der Waals surface area contributed by atoms with Gasteiger partial charge >= 0.3 is 0 Å². The van der Waals surface area contributed by atoms with Gasteiger partial charge in [0.1, 0.15) is 0 Å². The Balaban J connectivity index is 1.24. The number of carbonyl (C=O) groups is 1. The zero-order valence-electron chi connectivity index (χ0n) is 17.3. The van der Waals surface area contributed by atoms with Crippen LogP contribution in [0.1, 0.15) is 5.56 Å². The number of thioether (sulfide) groups is 1. The summed E-state index contributed by atoms with van der Waals surface area (Å²) in [6.07, 6.45) is 1.43. The lowest BCUT2D eigenvalue weighted by Crippen LogP contribution is -2.45. The van der Waals surface area contributed by atoms with Gasteiger partial charge in [0.05, 0.1) is 5.75 Å². The second kappa shape index (κ2) is 10.3. The fourth-order valence-corrected chi connectivity index (χ4v) is 4.34. The Morgan fingerprint density at radius 3 is 2.35 bits per heavy atom. The van der Waals surface area contributed by atoms with Gasteiger partial charge in [-0.2, -0.15) is 4.73 Å². The fraction of sp³-hybridized carbons (Fsp3) is 0.250. The van der Waals surface area contributed by atoms with E-state index in [1.165, 1.54) is 29.2 Å². The van der Waals surface area contributed by atoms with Crippen LogP contribution < -0.4 is 14.9 Å². The summed E-state index contributed by atoms with van der Waals surface area (Å²) < 4.78 is 0.770. The van der Waals surface area contributed by atoms with Gasteiger partial charge in [-0.05, 0) is 47.7 Å². The number of aromatic nitrogens is 1. The quantitative estimate of drug-likeness (QED) is 0.351. The van der Waals surface area contributed by atoms with E-state index in [2.05, 4.69) is 57.6 Å². The molecule has 6 nitrogen and oxygen atoms in total. The van der Waals surface area contributed by atoms with Crippen molar-refractivity contribution in [2.45, 2.75) is 11.6 Å². The van der Waals surface area contributed by atoms with Crippen molar-refractivity contribution in [1.29, 1.82) is 0 Å². The monoisotopic (exact) mass is 434 g/mol. The molecule has 0 atom stereocenters. The van der Waals surface area contributed by atoms with Gasteiger partial charge in [-0.15, -0.1) is 0 Å². The SMILES string of the molecule is O=C(CSc1cccc[n+]1[O-])Nc1ccc(N2CCN(Cc3ccccc3)CC2)cc1. The predicted molar refractivity (Wildman–Crippen MR) is 125 cm³/mol. The molecular formula is C24H26N4O2S. The lowest BCUT2D eigenvalue weighted by Gasteiger charge is -2.36. The third kappa shape index (κ3) is 5.99. The van der Waals surface area contributed by atoms with Crippen molar-refractivity contribution < 1.29 is 9.52 Å². The highest BCUT2D eigenvalue weighted by molar-refractivity contribution is 7.99. The minimum atomic E-state index is -0.129. The van der Waals surface area contributed by atoms with Gasteiger partial charge in [-0.25, -0.2) is 0 Å². The second-order valence-electron chi connectivity index (χ2n) is 7.50. The maximum atomic E-state index is 12.2. The first-order valence-electron chi connectivity index (χ1n) is 10.4. The van der Waals surface area contributed by atoms with E-state index in [1.54, 1.807) is 18.2 Å². The fourth-order valence-electron chi connectivity index (χ4n) is 3.62. The molecule has 160 valence electrons. The van der Waals surface area contributed by atoms with Crippen LogP contribution in [0.3, 0.4) is 0 Å². The highest BCUT2D eigenvalue weighted by Crippen LogP contribution is 2.21. The average molecular weight is 435 g/mol. The van der Waals surface area contributed by atoms with Crippen LogP contribution in [0.15, 0.2) is 84.0 Å². The van der Waals surface area contributed by atoms with Crippen LogP contribution in [0, 0.1) is 5.21 Å². The molecule has 31 heavy (non-hydrogen) atoms. The number of nitrogens with one attached hydrogen (secondary N) is 1. The van der Waals surface area contributed by atoms with Gasteiger partial charge in [0.25, 0.3) is 5.03 Å². The van der Waals surface area contributed by atoms with Crippen molar-refractivity contribution in [3.05, 3.63) is 89.8 Å². The zero-order valence-corrected chi connectivity index (χ0v) is 18.1. The number of amides is 1. The van der Waals surface area contributed by atoms with E-state index in [1.807, 2.05) is 12.1 Å². The summed E-state index contributed by atoms with van der Waals surface area (Å²) in [6, 6.07) is 23.7. The molecule has 7 heteroatoms. The first-order chi connectivity index (χ1) is 15.2. The molecular weight excluding hydrogens is 408 g/mol. The number of hydrogen-bond donors (Lipinski definition) is 1. The topological polar surface area (TPSA) is 62.5 Å². The Kier molecular flexibility index (Phi) is 7.07. The molecule has 0 bridgehead atoms. The second-order valence-corrected chi connectivity index (χ2v) is 8.49. The van der Waals surface area contributed by atoms with Crippen LogP contribution in [-0.2, 0) is 11.3 Å². The third-order valence-corrected chi connectivity index (χ3v) is 6.30. The Hall–Kier alpha value is -3.03. The van der Waals surface area contributed by atoms with Crippen LogP contribution in [0.25, 0.3) is 0 Å². The largest absolute Gasteiger partial charge is 0.618 e.